The highest BCUT2D eigenvalue weighted by molar-refractivity contribution is 8.00. The van der Waals surface area contributed by atoms with Crippen LogP contribution in [0, 0.1) is 0 Å². The predicted molar refractivity (Wildman–Crippen MR) is 83.0 cm³/mol. The molecule has 2 aliphatic heterocycles. The zero-order valence-corrected chi connectivity index (χ0v) is 13.2. The molecule has 2 aliphatic rings. The molecule has 2 fully saturated rings. The van der Waals surface area contributed by atoms with Crippen molar-refractivity contribution in [3.63, 3.8) is 0 Å². The standard InChI is InChI=1S/C13H24N2O2S2/c1-18-13(2-5-17-6-3-13)10-15-12(16)8-11-9-19-7-4-14-11/h11,14H,2-10H2,1H3,(H,15,16). The van der Waals surface area contributed by atoms with E-state index < -0.39 is 0 Å². The van der Waals surface area contributed by atoms with Crippen LogP contribution in [0.1, 0.15) is 19.3 Å². The van der Waals surface area contributed by atoms with Gasteiger partial charge in [-0.3, -0.25) is 4.79 Å². The molecule has 1 unspecified atom stereocenters. The molecule has 0 bridgehead atoms. The number of rotatable bonds is 5. The lowest BCUT2D eigenvalue weighted by Crippen LogP contribution is -2.46. The van der Waals surface area contributed by atoms with Gasteiger partial charge in [0.05, 0.1) is 0 Å². The first-order chi connectivity index (χ1) is 9.24. The lowest BCUT2D eigenvalue weighted by molar-refractivity contribution is -0.121. The molecule has 0 radical (unpaired) electrons. The van der Waals surface area contributed by atoms with Gasteiger partial charge in [-0.15, -0.1) is 0 Å². The van der Waals surface area contributed by atoms with Crippen molar-refractivity contribution in [2.75, 3.05) is 44.1 Å². The van der Waals surface area contributed by atoms with Gasteiger partial charge in [-0.1, -0.05) is 0 Å². The number of hydrogen-bond acceptors (Lipinski definition) is 5. The maximum Gasteiger partial charge on any atom is 0.221 e. The van der Waals surface area contributed by atoms with E-state index in [4.69, 9.17) is 4.74 Å². The molecule has 110 valence electrons. The van der Waals surface area contributed by atoms with Gasteiger partial charge in [0.2, 0.25) is 5.91 Å². The Kier molecular flexibility index (Phi) is 6.32. The Labute approximate surface area is 124 Å². The van der Waals surface area contributed by atoms with E-state index in [1.807, 2.05) is 23.5 Å². The highest BCUT2D eigenvalue weighted by atomic mass is 32.2. The fourth-order valence-electron chi connectivity index (χ4n) is 2.50. The summed E-state index contributed by atoms with van der Waals surface area (Å²) in [5, 5.41) is 6.53. The van der Waals surface area contributed by atoms with Gasteiger partial charge in [0.1, 0.15) is 0 Å². The molecule has 0 aliphatic carbocycles. The summed E-state index contributed by atoms with van der Waals surface area (Å²) in [6.45, 7) is 3.43. The van der Waals surface area contributed by atoms with Crippen LogP contribution in [0.15, 0.2) is 0 Å². The van der Waals surface area contributed by atoms with E-state index in [-0.39, 0.29) is 10.7 Å². The summed E-state index contributed by atoms with van der Waals surface area (Å²) >= 11 is 3.80. The van der Waals surface area contributed by atoms with Crippen LogP contribution >= 0.6 is 23.5 Å². The molecule has 0 saturated carbocycles. The Balaban J connectivity index is 1.72. The van der Waals surface area contributed by atoms with Crippen LogP contribution in [0.4, 0.5) is 0 Å². The number of hydrogen-bond donors (Lipinski definition) is 2. The van der Waals surface area contributed by atoms with E-state index in [1.54, 1.807) is 0 Å². The van der Waals surface area contributed by atoms with E-state index in [0.29, 0.717) is 12.5 Å². The molecule has 19 heavy (non-hydrogen) atoms. The van der Waals surface area contributed by atoms with Crippen molar-refractivity contribution in [2.45, 2.75) is 30.1 Å². The highest BCUT2D eigenvalue weighted by Gasteiger charge is 2.32. The van der Waals surface area contributed by atoms with Crippen LogP contribution < -0.4 is 10.6 Å². The third kappa shape index (κ3) is 4.85. The molecule has 1 atom stereocenters. The molecule has 0 aromatic rings. The largest absolute Gasteiger partial charge is 0.381 e. The van der Waals surface area contributed by atoms with Crippen LogP contribution in [-0.2, 0) is 9.53 Å². The maximum absolute atomic E-state index is 12.0. The van der Waals surface area contributed by atoms with E-state index >= 15 is 0 Å². The number of carbonyl (C=O) groups is 1. The molecule has 0 aromatic heterocycles. The van der Waals surface area contributed by atoms with E-state index in [1.165, 1.54) is 0 Å². The molecule has 2 N–H and O–H groups in total. The van der Waals surface area contributed by atoms with Gasteiger partial charge in [0.25, 0.3) is 0 Å². The molecule has 0 spiro atoms. The summed E-state index contributed by atoms with van der Waals surface area (Å²) in [5.74, 6) is 2.39. The molecular formula is C13H24N2O2S2. The summed E-state index contributed by atoms with van der Waals surface area (Å²) in [7, 11) is 0. The first-order valence-corrected chi connectivity index (χ1v) is 9.33. The van der Waals surface area contributed by atoms with Crippen LogP contribution in [0.2, 0.25) is 0 Å². The molecule has 2 rings (SSSR count). The Bertz CT molecular complexity index is 290. The predicted octanol–water partition coefficient (Wildman–Crippen LogP) is 1.11. The summed E-state index contributed by atoms with van der Waals surface area (Å²) < 4.78 is 5.60. The molecule has 2 saturated heterocycles. The fraction of sp³-hybridized carbons (Fsp3) is 0.923. The summed E-state index contributed by atoms with van der Waals surface area (Å²) in [4.78, 5) is 12.0. The number of amides is 1. The third-order valence-corrected chi connectivity index (χ3v) is 6.42. The van der Waals surface area contributed by atoms with Crippen molar-refractivity contribution in [3.8, 4) is 0 Å². The van der Waals surface area contributed by atoms with E-state index in [9.17, 15) is 4.79 Å². The lowest BCUT2D eigenvalue weighted by Gasteiger charge is -2.35. The van der Waals surface area contributed by atoms with Crippen molar-refractivity contribution >= 4 is 29.4 Å². The topological polar surface area (TPSA) is 50.4 Å². The summed E-state index contributed by atoms with van der Waals surface area (Å²) in [6, 6.07) is 0.346. The van der Waals surface area contributed by atoms with Crippen LogP contribution in [0.25, 0.3) is 0 Å². The van der Waals surface area contributed by atoms with Crippen LogP contribution in [0.3, 0.4) is 0 Å². The summed E-state index contributed by atoms with van der Waals surface area (Å²) in [5.41, 5.74) is 0. The van der Waals surface area contributed by atoms with E-state index in [0.717, 1.165) is 50.7 Å². The van der Waals surface area contributed by atoms with Gasteiger partial charge in [0, 0.05) is 55.0 Å². The van der Waals surface area contributed by atoms with Crippen LogP contribution in [-0.4, -0.2) is 60.8 Å². The number of ether oxygens (including phenoxy) is 1. The summed E-state index contributed by atoms with van der Waals surface area (Å²) in [6.07, 6.45) is 4.81. The first kappa shape index (κ1) is 15.5. The quantitative estimate of drug-likeness (QED) is 0.797. The molecule has 4 nitrogen and oxygen atoms in total. The van der Waals surface area contributed by atoms with Crippen molar-refractivity contribution in [1.29, 1.82) is 0 Å². The second-order valence-corrected chi connectivity index (χ2v) is 7.63. The van der Waals surface area contributed by atoms with Gasteiger partial charge in [0.15, 0.2) is 0 Å². The average Bonchev–Trinajstić information content (AvgIpc) is 2.47. The number of carbonyl (C=O) groups excluding carboxylic acids is 1. The van der Waals surface area contributed by atoms with Gasteiger partial charge >= 0.3 is 0 Å². The normalized spacial score (nSPS) is 26.9. The van der Waals surface area contributed by atoms with Gasteiger partial charge < -0.3 is 15.4 Å². The Hall–Kier alpha value is 0.0900. The monoisotopic (exact) mass is 304 g/mol. The van der Waals surface area contributed by atoms with Crippen molar-refractivity contribution in [2.24, 2.45) is 0 Å². The maximum atomic E-state index is 12.0. The number of thioether (sulfide) groups is 2. The van der Waals surface area contributed by atoms with Gasteiger partial charge in [-0.25, -0.2) is 0 Å². The Morgan fingerprint density at radius 2 is 2.32 bits per heavy atom. The van der Waals surface area contributed by atoms with E-state index in [2.05, 4.69) is 16.9 Å². The van der Waals surface area contributed by atoms with Crippen molar-refractivity contribution < 1.29 is 9.53 Å². The molecule has 2 heterocycles. The second kappa shape index (κ2) is 7.76. The molecule has 0 aromatic carbocycles. The Morgan fingerprint density at radius 3 is 2.95 bits per heavy atom. The zero-order chi connectivity index (χ0) is 13.6. The van der Waals surface area contributed by atoms with Crippen LogP contribution in [0.5, 0.6) is 0 Å². The van der Waals surface area contributed by atoms with Gasteiger partial charge in [-0.2, -0.15) is 23.5 Å². The zero-order valence-electron chi connectivity index (χ0n) is 11.6. The third-order valence-electron chi connectivity index (χ3n) is 3.88. The van der Waals surface area contributed by atoms with Crippen molar-refractivity contribution in [3.05, 3.63) is 0 Å². The fourth-order valence-corrected chi connectivity index (χ4v) is 4.24. The lowest BCUT2D eigenvalue weighted by atomic mass is 9.99. The minimum absolute atomic E-state index is 0.180. The molecule has 6 heteroatoms. The molecular weight excluding hydrogens is 280 g/mol. The van der Waals surface area contributed by atoms with Gasteiger partial charge in [-0.05, 0) is 19.1 Å². The Morgan fingerprint density at radius 1 is 1.53 bits per heavy atom. The second-order valence-electron chi connectivity index (χ2n) is 5.21. The average molecular weight is 304 g/mol. The number of nitrogens with one attached hydrogen (secondary N) is 2. The molecule has 1 amide bonds. The minimum atomic E-state index is 0.180. The first-order valence-electron chi connectivity index (χ1n) is 6.95. The minimum Gasteiger partial charge on any atom is -0.381 e. The smallest absolute Gasteiger partial charge is 0.221 e. The highest BCUT2D eigenvalue weighted by Crippen LogP contribution is 2.32. The SMILES string of the molecule is CSC1(CNC(=O)CC2CSCCN2)CCOCC1. The van der Waals surface area contributed by atoms with Crippen molar-refractivity contribution in [1.82, 2.24) is 10.6 Å².